The third kappa shape index (κ3) is 3.11. The minimum atomic E-state index is 0. The molecule has 1 aliphatic rings. The van der Waals surface area contributed by atoms with Crippen LogP contribution in [0.5, 0.6) is 0 Å². The highest BCUT2D eigenvalue weighted by atomic mass is 35.5. The fraction of sp³-hybridized carbons (Fsp3) is 0.278. The Hall–Kier alpha value is -1.80. The molecule has 0 saturated carbocycles. The molecule has 0 N–H and O–H groups in total. The SMILES string of the molecule is CCC1=N[C@H](c2ccccc2)c2ccccc2CN1C.Cl. The number of hydrogen-bond acceptors (Lipinski definition) is 2. The highest BCUT2D eigenvalue weighted by Crippen LogP contribution is 2.32. The van der Waals surface area contributed by atoms with Crippen LogP contribution in [-0.2, 0) is 6.54 Å². The molecular formula is C18H21ClN2. The minimum Gasteiger partial charge on any atom is -0.359 e. The van der Waals surface area contributed by atoms with Gasteiger partial charge in [0, 0.05) is 20.0 Å². The van der Waals surface area contributed by atoms with Crippen LogP contribution >= 0.6 is 12.4 Å². The second kappa shape index (κ2) is 6.77. The molecule has 110 valence electrons. The summed E-state index contributed by atoms with van der Waals surface area (Å²) in [7, 11) is 2.13. The molecule has 1 atom stereocenters. The first-order chi connectivity index (χ1) is 9.79. The van der Waals surface area contributed by atoms with Gasteiger partial charge in [0.05, 0.1) is 5.84 Å². The molecule has 0 fully saturated rings. The molecule has 21 heavy (non-hydrogen) atoms. The fourth-order valence-electron chi connectivity index (χ4n) is 2.86. The van der Waals surface area contributed by atoms with E-state index < -0.39 is 0 Å². The average molecular weight is 301 g/mol. The van der Waals surface area contributed by atoms with Gasteiger partial charge >= 0.3 is 0 Å². The van der Waals surface area contributed by atoms with Gasteiger partial charge in [-0.05, 0) is 16.7 Å². The van der Waals surface area contributed by atoms with Crippen molar-refractivity contribution in [3.8, 4) is 0 Å². The van der Waals surface area contributed by atoms with E-state index in [9.17, 15) is 0 Å². The number of hydrogen-bond donors (Lipinski definition) is 0. The second-order valence-corrected chi connectivity index (χ2v) is 5.27. The summed E-state index contributed by atoms with van der Waals surface area (Å²) in [6.07, 6.45) is 0.966. The summed E-state index contributed by atoms with van der Waals surface area (Å²) < 4.78 is 0. The molecule has 0 amide bonds. The van der Waals surface area contributed by atoms with Gasteiger partial charge in [0.15, 0.2) is 0 Å². The van der Waals surface area contributed by atoms with E-state index in [1.807, 2.05) is 0 Å². The van der Waals surface area contributed by atoms with Crippen molar-refractivity contribution in [2.75, 3.05) is 7.05 Å². The molecule has 2 nitrogen and oxygen atoms in total. The number of rotatable bonds is 2. The maximum atomic E-state index is 5.03. The Bertz CT molecular complexity index is 622. The fourth-order valence-corrected chi connectivity index (χ4v) is 2.86. The van der Waals surface area contributed by atoms with E-state index in [-0.39, 0.29) is 18.4 Å². The Morgan fingerprint density at radius 3 is 2.43 bits per heavy atom. The summed E-state index contributed by atoms with van der Waals surface area (Å²) in [5.74, 6) is 1.18. The standard InChI is InChI=1S/C18H20N2.ClH/c1-3-17-19-18(14-9-5-4-6-10-14)16-12-8-7-11-15(16)13-20(17)2;/h4-12,18H,3,13H2,1-2H3;1H/t18-;/m1./s1. The predicted octanol–water partition coefficient (Wildman–Crippen LogP) is 4.45. The van der Waals surface area contributed by atoms with Crippen molar-refractivity contribution in [1.29, 1.82) is 0 Å². The van der Waals surface area contributed by atoms with Gasteiger partial charge in [-0.1, -0.05) is 61.5 Å². The lowest BCUT2D eigenvalue weighted by Crippen LogP contribution is -2.24. The van der Waals surface area contributed by atoms with Crippen LogP contribution in [0.25, 0.3) is 0 Å². The van der Waals surface area contributed by atoms with Gasteiger partial charge in [-0.2, -0.15) is 0 Å². The molecular weight excluding hydrogens is 280 g/mol. The summed E-state index contributed by atoms with van der Waals surface area (Å²) >= 11 is 0. The Labute approximate surface area is 132 Å². The zero-order valence-electron chi connectivity index (χ0n) is 12.5. The summed E-state index contributed by atoms with van der Waals surface area (Å²) in [5.41, 5.74) is 3.96. The van der Waals surface area contributed by atoms with Crippen LogP contribution in [0, 0.1) is 0 Å². The monoisotopic (exact) mass is 300 g/mol. The van der Waals surface area contributed by atoms with Crippen molar-refractivity contribution in [2.45, 2.75) is 25.9 Å². The maximum absolute atomic E-state index is 5.03. The maximum Gasteiger partial charge on any atom is 0.102 e. The van der Waals surface area contributed by atoms with E-state index >= 15 is 0 Å². The zero-order valence-corrected chi connectivity index (χ0v) is 13.3. The molecule has 0 aliphatic carbocycles. The van der Waals surface area contributed by atoms with Gasteiger partial charge in [-0.25, -0.2) is 0 Å². The molecule has 1 heterocycles. The van der Waals surface area contributed by atoms with Crippen LogP contribution in [0.2, 0.25) is 0 Å². The first kappa shape index (κ1) is 15.6. The van der Waals surface area contributed by atoms with Crippen LogP contribution in [0.15, 0.2) is 59.6 Å². The van der Waals surface area contributed by atoms with Crippen LogP contribution in [0.4, 0.5) is 0 Å². The lowest BCUT2D eigenvalue weighted by Gasteiger charge is -2.18. The van der Waals surface area contributed by atoms with Gasteiger partial charge in [-0.15, -0.1) is 12.4 Å². The highest BCUT2D eigenvalue weighted by Gasteiger charge is 2.22. The van der Waals surface area contributed by atoms with Gasteiger partial charge < -0.3 is 4.90 Å². The Morgan fingerprint density at radius 1 is 1.05 bits per heavy atom. The molecule has 2 aromatic carbocycles. The molecule has 0 spiro atoms. The molecule has 3 heteroatoms. The van der Waals surface area contributed by atoms with Crippen LogP contribution in [-0.4, -0.2) is 17.8 Å². The molecule has 0 saturated heterocycles. The minimum absolute atomic E-state index is 0. The number of fused-ring (bicyclic) bond motifs is 1. The normalized spacial score (nSPS) is 17.3. The van der Waals surface area contributed by atoms with Crippen molar-refractivity contribution >= 4 is 18.2 Å². The number of amidine groups is 1. The van der Waals surface area contributed by atoms with E-state index in [0.717, 1.165) is 13.0 Å². The summed E-state index contributed by atoms with van der Waals surface area (Å²) in [6, 6.07) is 19.4. The Morgan fingerprint density at radius 2 is 1.71 bits per heavy atom. The summed E-state index contributed by atoms with van der Waals surface area (Å²) in [5, 5.41) is 0. The van der Waals surface area contributed by atoms with Gasteiger partial charge in [0.1, 0.15) is 6.04 Å². The Kier molecular flexibility index (Phi) is 5.03. The largest absolute Gasteiger partial charge is 0.359 e. The van der Waals surface area contributed by atoms with Gasteiger partial charge in [0.2, 0.25) is 0 Å². The number of aliphatic imine (C=N–C) groups is 1. The number of halogens is 1. The lowest BCUT2D eigenvalue weighted by atomic mass is 9.95. The Balaban J connectivity index is 0.00000161. The van der Waals surface area contributed by atoms with Crippen molar-refractivity contribution in [1.82, 2.24) is 4.90 Å². The lowest BCUT2D eigenvalue weighted by molar-refractivity contribution is 0.493. The highest BCUT2D eigenvalue weighted by molar-refractivity contribution is 5.85. The second-order valence-electron chi connectivity index (χ2n) is 5.27. The summed E-state index contributed by atoms with van der Waals surface area (Å²) in [6.45, 7) is 3.11. The van der Waals surface area contributed by atoms with E-state index in [2.05, 4.69) is 73.5 Å². The van der Waals surface area contributed by atoms with E-state index in [0.29, 0.717) is 0 Å². The third-order valence-electron chi connectivity index (χ3n) is 3.91. The molecule has 0 bridgehead atoms. The smallest absolute Gasteiger partial charge is 0.102 e. The molecule has 0 radical (unpaired) electrons. The van der Waals surface area contributed by atoms with E-state index in [4.69, 9.17) is 4.99 Å². The van der Waals surface area contributed by atoms with E-state index in [1.165, 1.54) is 22.5 Å². The topological polar surface area (TPSA) is 15.6 Å². The van der Waals surface area contributed by atoms with Crippen LogP contribution < -0.4 is 0 Å². The quantitative estimate of drug-likeness (QED) is 0.800. The number of nitrogens with zero attached hydrogens (tertiary/aromatic N) is 2. The van der Waals surface area contributed by atoms with Crippen molar-refractivity contribution in [2.24, 2.45) is 4.99 Å². The first-order valence-corrected chi connectivity index (χ1v) is 7.20. The molecule has 0 unspecified atom stereocenters. The molecule has 0 aromatic heterocycles. The summed E-state index contributed by atoms with van der Waals surface area (Å²) in [4.78, 5) is 7.29. The van der Waals surface area contributed by atoms with Crippen molar-refractivity contribution in [3.05, 3.63) is 71.3 Å². The zero-order chi connectivity index (χ0) is 13.9. The predicted molar refractivity (Wildman–Crippen MR) is 91.2 cm³/mol. The molecule has 1 aliphatic heterocycles. The third-order valence-corrected chi connectivity index (χ3v) is 3.91. The van der Waals surface area contributed by atoms with Crippen LogP contribution in [0.1, 0.15) is 36.1 Å². The number of benzene rings is 2. The average Bonchev–Trinajstić information content (AvgIpc) is 2.64. The van der Waals surface area contributed by atoms with Crippen LogP contribution in [0.3, 0.4) is 0 Å². The molecule has 3 rings (SSSR count). The first-order valence-electron chi connectivity index (χ1n) is 7.20. The van der Waals surface area contributed by atoms with Gasteiger partial charge in [0.25, 0.3) is 0 Å². The molecule has 2 aromatic rings. The van der Waals surface area contributed by atoms with Crippen molar-refractivity contribution < 1.29 is 0 Å². The van der Waals surface area contributed by atoms with Crippen molar-refractivity contribution in [3.63, 3.8) is 0 Å². The van der Waals surface area contributed by atoms with E-state index in [1.54, 1.807) is 0 Å². The van der Waals surface area contributed by atoms with Gasteiger partial charge in [-0.3, -0.25) is 4.99 Å².